The van der Waals surface area contributed by atoms with Gasteiger partial charge < -0.3 is 30.1 Å². The molecule has 2 aliphatic rings. The first-order valence-electron chi connectivity index (χ1n) is 13.7. The molecular formula is C28H40ClN5O4. The number of anilines is 1. The standard InChI is InChI=1S/C28H40ClN5O4/c1-30-17-23(35)18-38-24-13-20(12-21(29)14-24)27-32-25(28(36)31-16-19-8-10-37-11-9-19)15-26(33-27)34(2)22-6-4-3-5-7-22/h12-15,19,22-23,30,35H,3-11,16-18H2,1-2H3,(H,31,36). The summed E-state index contributed by atoms with van der Waals surface area (Å²) in [5.74, 6) is 1.81. The number of halogens is 1. The van der Waals surface area contributed by atoms with Gasteiger partial charge in [-0.1, -0.05) is 30.9 Å². The van der Waals surface area contributed by atoms with Crippen LogP contribution in [0.5, 0.6) is 5.75 Å². The van der Waals surface area contributed by atoms with E-state index in [0.29, 0.717) is 58.7 Å². The largest absolute Gasteiger partial charge is 0.491 e. The average Bonchev–Trinajstić information content (AvgIpc) is 2.95. The minimum Gasteiger partial charge on any atom is -0.491 e. The summed E-state index contributed by atoms with van der Waals surface area (Å²) < 4.78 is 11.2. The predicted molar refractivity (Wildman–Crippen MR) is 149 cm³/mol. The smallest absolute Gasteiger partial charge is 0.270 e. The molecule has 1 amide bonds. The fourth-order valence-corrected chi connectivity index (χ4v) is 5.28. The van der Waals surface area contributed by atoms with Crippen LogP contribution in [0.4, 0.5) is 5.82 Å². The molecule has 38 heavy (non-hydrogen) atoms. The van der Waals surface area contributed by atoms with Gasteiger partial charge in [-0.15, -0.1) is 0 Å². The maximum absolute atomic E-state index is 13.3. The van der Waals surface area contributed by atoms with E-state index >= 15 is 0 Å². The van der Waals surface area contributed by atoms with Crippen LogP contribution in [-0.4, -0.2) is 80.1 Å². The Hall–Kier alpha value is -2.46. The van der Waals surface area contributed by atoms with Crippen LogP contribution in [0.15, 0.2) is 24.3 Å². The zero-order valence-corrected chi connectivity index (χ0v) is 23.2. The van der Waals surface area contributed by atoms with E-state index in [1.54, 1.807) is 31.3 Å². The van der Waals surface area contributed by atoms with Crippen molar-refractivity contribution < 1.29 is 19.4 Å². The Bertz CT molecular complexity index is 1060. The van der Waals surface area contributed by atoms with Gasteiger partial charge in [-0.2, -0.15) is 0 Å². The normalized spacial score (nSPS) is 17.7. The van der Waals surface area contributed by atoms with Gasteiger partial charge in [0.1, 0.15) is 30.0 Å². The van der Waals surface area contributed by atoms with Gasteiger partial charge in [0.2, 0.25) is 0 Å². The number of hydrogen-bond donors (Lipinski definition) is 3. The van der Waals surface area contributed by atoms with Crippen molar-refractivity contribution in [3.05, 3.63) is 35.0 Å². The summed E-state index contributed by atoms with van der Waals surface area (Å²) in [6, 6.07) is 7.41. The van der Waals surface area contributed by atoms with E-state index in [4.69, 9.17) is 26.1 Å². The highest BCUT2D eigenvalue weighted by Crippen LogP contribution is 2.30. The topological polar surface area (TPSA) is 109 Å². The average molecular weight is 546 g/mol. The minimum atomic E-state index is -0.655. The Balaban J connectivity index is 1.60. The molecular weight excluding hydrogens is 506 g/mol. The summed E-state index contributed by atoms with van der Waals surface area (Å²) in [5.41, 5.74) is 0.972. The van der Waals surface area contributed by atoms with Crippen LogP contribution < -0.4 is 20.3 Å². The van der Waals surface area contributed by atoms with E-state index in [1.165, 1.54) is 19.3 Å². The highest BCUT2D eigenvalue weighted by atomic mass is 35.5. The zero-order valence-electron chi connectivity index (χ0n) is 22.4. The minimum absolute atomic E-state index is 0.117. The lowest BCUT2D eigenvalue weighted by molar-refractivity contribution is 0.0642. The Morgan fingerprint density at radius 3 is 2.66 bits per heavy atom. The van der Waals surface area contributed by atoms with Gasteiger partial charge >= 0.3 is 0 Å². The summed E-state index contributed by atoms with van der Waals surface area (Å²) in [6.07, 6.45) is 7.08. The van der Waals surface area contributed by atoms with Crippen molar-refractivity contribution >= 4 is 23.3 Å². The Kier molecular flexibility index (Phi) is 10.6. The van der Waals surface area contributed by atoms with E-state index in [1.807, 2.05) is 7.05 Å². The Morgan fingerprint density at radius 1 is 1.16 bits per heavy atom. The van der Waals surface area contributed by atoms with Crippen LogP contribution in [0.1, 0.15) is 55.4 Å². The molecule has 10 heteroatoms. The molecule has 1 unspecified atom stereocenters. The lowest BCUT2D eigenvalue weighted by atomic mass is 9.94. The van der Waals surface area contributed by atoms with Gasteiger partial charge in [0.05, 0.1) is 0 Å². The number of nitrogens with zero attached hydrogens (tertiary/aromatic N) is 3. The molecule has 3 N–H and O–H groups in total. The summed E-state index contributed by atoms with van der Waals surface area (Å²) in [7, 11) is 3.81. The van der Waals surface area contributed by atoms with Crippen LogP contribution >= 0.6 is 11.6 Å². The Morgan fingerprint density at radius 2 is 1.92 bits per heavy atom. The van der Waals surface area contributed by atoms with E-state index in [9.17, 15) is 9.90 Å². The molecule has 0 spiro atoms. The van der Waals surface area contributed by atoms with Crippen LogP contribution in [0.2, 0.25) is 5.02 Å². The molecule has 1 saturated heterocycles. The number of rotatable bonds is 11. The first-order valence-corrected chi connectivity index (χ1v) is 14.0. The highest BCUT2D eigenvalue weighted by molar-refractivity contribution is 6.31. The van der Waals surface area contributed by atoms with E-state index in [2.05, 4.69) is 20.5 Å². The SMILES string of the molecule is CNCC(O)COc1cc(Cl)cc(-c2nc(C(=O)NCC3CCOCC3)cc(N(C)C3CCCCC3)n2)c1. The first-order chi connectivity index (χ1) is 18.4. The third-order valence-electron chi connectivity index (χ3n) is 7.33. The van der Waals surface area contributed by atoms with Crippen LogP contribution in [0, 0.1) is 5.92 Å². The van der Waals surface area contributed by atoms with Crippen molar-refractivity contribution in [1.82, 2.24) is 20.6 Å². The molecule has 0 radical (unpaired) electrons. The van der Waals surface area contributed by atoms with Crippen LogP contribution in [-0.2, 0) is 4.74 Å². The first kappa shape index (κ1) is 28.5. The van der Waals surface area contributed by atoms with Crippen molar-refractivity contribution in [3.8, 4) is 17.1 Å². The van der Waals surface area contributed by atoms with E-state index < -0.39 is 6.10 Å². The summed E-state index contributed by atoms with van der Waals surface area (Å²) in [6.45, 7) is 2.60. The molecule has 208 valence electrons. The second kappa shape index (κ2) is 14.1. The van der Waals surface area contributed by atoms with Gasteiger partial charge in [-0.3, -0.25) is 4.79 Å². The van der Waals surface area contributed by atoms with Crippen molar-refractivity contribution in [2.45, 2.75) is 57.1 Å². The van der Waals surface area contributed by atoms with Gasteiger partial charge in [0.25, 0.3) is 5.91 Å². The van der Waals surface area contributed by atoms with Gasteiger partial charge in [0, 0.05) is 56.0 Å². The molecule has 0 bridgehead atoms. The number of benzene rings is 1. The monoisotopic (exact) mass is 545 g/mol. The molecule has 9 nitrogen and oxygen atoms in total. The fraction of sp³-hybridized carbons (Fsp3) is 0.607. The molecule has 1 aliphatic heterocycles. The van der Waals surface area contributed by atoms with E-state index in [-0.39, 0.29) is 12.5 Å². The van der Waals surface area contributed by atoms with Gasteiger partial charge in [0.15, 0.2) is 5.82 Å². The summed E-state index contributed by atoms with van der Waals surface area (Å²) >= 11 is 6.43. The molecule has 1 saturated carbocycles. The van der Waals surface area contributed by atoms with Crippen molar-refractivity contribution in [2.75, 3.05) is 51.9 Å². The molecule has 2 fully saturated rings. The molecule has 1 aromatic heterocycles. The predicted octanol–water partition coefficient (Wildman–Crippen LogP) is 3.68. The Labute approximate surface area is 230 Å². The number of nitrogens with one attached hydrogen (secondary N) is 2. The second-order valence-electron chi connectivity index (χ2n) is 10.3. The molecule has 1 atom stereocenters. The highest BCUT2D eigenvalue weighted by Gasteiger charge is 2.23. The van der Waals surface area contributed by atoms with Crippen molar-refractivity contribution in [3.63, 3.8) is 0 Å². The number of aliphatic hydroxyl groups excluding tert-OH is 1. The zero-order chi connectivity index (χ0) is 26.9. The number of likely N-dealkylation sites (N-methyl/N-ethyl adjacent to an activating group) is 1. The molecule has 4 rings (SSSR count). The maximum Gasteiger partial charge on any atom is 0.270 e. The van der Waals surface area contributed by atoms with Crippen LogP contribution in [0.3, 0.4) is 0 Å². The number of carbonyl (C=O) groups is 1. The lowest BCUT2D eigenvalue weighted by Gasteiger charge is -2.32. The summed E-state index contributed by atoms with van der Waals surface area (Å²) in [4.78, 5) is 25.0. The number of aliphatic hydroxyl groups is 1. The number of aromatic nitrogens is 2. The molecule has 2 aromatic rings. The number of carbonyl (C=O) groups excluding carboxylic acids is 1. The van der Waals surface area contributed by atoms with Crippen LogP contribution in [0.25, 0.3) is 11.4 Å². The van der Waals surface area contributed by atoms with Crippen molar-refractivity contribution in [2.24, 2.45) is 5.92 Å². The molecule has 1 aromatic carbocycles. The maximum atomic E-state index is 13.3. The third-order valence-corrected chi connectivity index (χ3v) is 7.55. The molecule has 1 aliphatic carbocycles. The lowest BCUT2D eigenvalue weighted by Crippen LogP contribution is -2.35. The number of hydrogen-bond acceptors (Lipinski definition) is 8. The second-order valence-corrected chi connectivity index (χ2v) is 10.7. The van der Waals surface area contributed by atoms with Crippen molar-refractivity contribution in [1.29, 1.82) is 0 Å². The number of amides is 1. The van der Waals surface area contributed by atoms with Gasteiger partial charge in [-0.05, 0) is 56.8 Å². The van der Waals surface area contributed by atoms with Gasteiger partial charge in [-0.25, -0.2) is 9.97 Å². The molecule has 2 heterocycles. The fourth-order valence-electron chi connectivity index (χ4n) is 5.06. The summed E-state index contributed by atoms with van der Waals surface area (Å²) in [5, 5.41) is 16.5. The quantitative estimate of drug-likeness (QED) is 0.392. The van der Waals surface area contributed by atoms with E-state index in [0.717, 1.165) is 38.9 Å². The third kappa shape index (κ3) is 8.02. The number of ether oxygens (including phenoxy) is 2.